The third-order valence-corrected chi connectivity index (χ3v) is 3.31. The minimum atomic E-state index is 0.0994. The van der Waals surface area contributed by atoms with Crippen molar-refractivity contribution in [1.29, 1.82) is 0 Å². The van der Waals surface area contributed by atoms with Crippen LogP contribution in [0.15, 0.2) is 35.5 Å². The molecule has 0 saturated carbocycles. The van der Waals surface area contributed by atoms with Crippen molar-refractivity contribution in [2.45, 2.75) is 45.8 Å². The molecule has 0 saturated heterocycles. The largest absolute Gasteiger partial charge is 0.369 e. The molecule has 3 nitrogen and oxygen atoms in total. The predicted octanol–water partition coefficient (Wildman–Crippen LogP) is 3.41. The highest BCUT2D eigenvalue weighted by Crippen LogP contribution is 2.16. The van der Waals surface area contributed by atoms with Crippen molar-refractivity contribution in [3.63, 3.8) is 0 Å². The third kappa shape index (κ3) is 3.25. The highest BCUT2D eigenvalue weighted by atomic mass is 16.7. The van der Waals surface area contributed by atoms with E-state index in [4.69, 9.17) is 4.84 Å². The summed E-state index contributed by atoms with van der Waals surface area (Å²) >= 11 is 0. The monoisotopic (exact) mass is 246 g/mol. The van der Waals surface area contributed by atoms with Crippen LogP contribution in [-0.4, -0.2) is 23.5 Å². The van der Waals surface area contributed by atoms with Gasteiger partial charge < -0.3 is 9.74 Å². The summed E-state index contributed by atoms with van der Waals surface area (Å²) in [4.78, 5) is 7.66. The van der Waals surface area contributed by atoms with Crippen LogP contribution >= 0.6 is 0 Å². The Morgan fingerprint density at radius 1 is 1.22 bits per heavy atom. The molecule has 2 rings (SSSR count). The van der Waals surface area contributed by atoms with Gasteiger partial charge in [0.2, 0.25) is 0 Å². The first-order valence-corrected chi connectivity index (χ1v) is 6.84. The number of hydrogen-bond donors (Lipinski definition) is 0. The molecule has 0 aromatic heterocycles. The maximum atomic E-state index is 5.38. The average molecular weight is 246 g/mol. The molecule has 1 aliphatic heterocycles. The van der Waals surface area contributed by atoms with Crippen molar-refractivity contribution in [3.05, 3.63) is 35.9 Å². The zero-order valence-electron chi connectivity index (χ0n) is 11.3. The van der Waals surface area contributed by atoms with E-state index in [2.05, 4.69) is 54.2 Å². The Bertz CT molecular complexity index is 389. The number of hydrogen-bond acceptors (Lipinski definition) is 3. The second-order valence-corrected chi connectivity index (χ2v) is 4.74. The lowest BCUT2D eigenvalue weighted by atomic mass is 10.1. The maximum Gasteiger partial charge on any atom is 0.198 e. The first kappa shape index (κ1) is 12.9. The van der Waals surface area contributed by atoms with Gasteiger partial charge in [-0.15, -0.1) is 0 Å². The van der Waals surface area contributed by atoms with Crippen LogP contribution in [0.1, 0.15) is 38.7 Å². The smallest absolute Gasteiger partial charge is 0.198 e. The van der Waals surface area contributed by atoms with E-state index in [9.17, 15) is 0 Å². The summed E-state index contributed by atoms with van der Waals surface area (Å²) in [6, 6.07) is 10.5. The molecule has 0 radical (unpaired) electrons. The van der Waals surface area contributed by atoms with Crippen molar-refractivity contribution >= 4 is 5.84 Å². The molecule has 0 fully saturated rings. The van der Waals surface area contributed by atoms with Gasteiger partial charge in [0, 0.05) is 13.0 Å². The zero-order valence-corrected chi connectivity index (χ0v) is 11.3. The van der Waals surface area contributed by atoms with Gasteiger partial charge in [0.1, 0.15) is 5.84 Å². The van der Waals surface area contributed by atoms with Gasteiger partial charge >= 0.3 is 0 Å². The summed E-state index contributed by atoms with van der Waals surface area (Å²) in [5, 5.41) is 4.21. The summed E-state index contributed by atoms with van der Waals surface area (Å²) in [6.07, 6.45) is 4.48. The minimum Gasteiger partial charge on any atom is -0.369 e. The SMILES string of the molecule is CCCCN1C(CCc2ccccc2)=NOC1C. The number of nitrogens with zero attached hydrogens (tertiary/aromatic N) is 2. The van der Waals surface area contributed by atoms with Crippen LogP contribution in [0.25, 0.3) is 0 Å². The second-order valence-electron chi connectivity index (χ2n) is 4.74. The number of amidine groups is 1. The molecule has 1 heterocycles. The number of rotatable bonds is 6. The molecule has 1 aromatic carbocycles. The van der Waals surface area contributed by atoms with Crippen LogP contribution in [-0.2, 0) is 11.3 Å². The molecule has 0 aliphatic carbocycles. The van der Waals surface area contributed by atoms with Gasteiger partial charge in [-0.2, -0.15) is 0 Å². The molecule has 1 aromatic rings. The van der Waals surface area contributed by atoms with Crippen LogP contribution in [0.5, 0.6) is 0 Å². The second kappa shape index (κ2) is 6.43. The van der Waals surface area contributed by atoms with Crippen molar-refractivity contribution in [2.75, 3.05) is 6.54 Å². The van der Waals surface area contributed by atoms with Gasteiger partial charge in [0.15, 0.2) is 6.23 Å². The number of oxime groups is 1. The fourth-order valence-electron chi connectivity index (χ4n) is 2.19. The van der Waals surface area contributed by atoms with E-state index in [0.29, 0.717) is 0 Å². The summed E-state index contributed by atoms with van der Waals surface area (Å²) in [5.74, 6) is 1.10. The van der Waals surface area contributed by atoms with Crippen molar-refractivity contribution < 1.29 is 4.84 Å². The molecular weight excluding hydrogens is 224 g/mol. The Hall–Kier alpha value is -1.51. The number of unbranched alkanes of at least 4 members (excludes halogenated alkanes) is 1. The van der Waals surface area contributed by atoms with E-state index in [1.54, 1.807) is 0 Å². The van der Waals surface area contributed by atoms with Gasteiger partial charge in [-0.05, 0) is 25.3 Å². The van der Waals surface area contributed by atoms with Crippen LogP contribution in [0.4, 0.5) is 0 Å². The summed E-state index contributed by atoms with van der Waals surface area (Å²) in [5.41, 5.74) is 1.36. The van der Waals surface area contributed by atoms with Gasteiger partial charge in [-0.3, -0.25) is 0 Å². The third-order valence-electron chi connectivity index (χ3n) is 3.31. The standard InChI is InChI=1S/C15H22N2O/c1-3-4-12-17-13(2)18-16-15(17)11-10-14-8-6-5-7-9-14/h5-9,13H,3-4,10-12H2,1-2H3. The van der Waals surface area contributed by atoms with E-state index in [1.165, 1.54) is 18.4 Å². The van der Waals surface area contributed by atoms with Gasteiger partial charge in [-0.1, -0.05) is 48.8 Å². The number of aryl methyl sites for hydroxylation is 1. The molecule has 0 spiro atoms. The molecule has 0 N–H and O–H groups in total. The van der Waals surface area contributed by atoms with Gasteiger partial charge in [0.25, 0.3) is 0 Å². The first-order valence-electron chi connectivity index (χ1n) is 6.84. The zero-order chi connectivity index (χ0) is 12.8. The van der Waals surface area contributed by atoms with Gasteiger partial charge in [-0.25, -0.2) is 0 Å². The van der Waals surface area contributed by atoms with E-state index in [1.807, 2.05) is 0 Å². The van der Waals surface area contributed by atoms with Crippen LogP contribution in [0, 0.1) is 0 Å². The Labute approximate surface area is 109 Å². The summed E-state index contributed by atoms with van der Waals surface area (Å²) in [7, 11) is 0. The Kier molecular flexibility index (Phi) is 4.62. The minimum absolute atomic E-state index is 0.0994. The van der Waals surface area contributed by atoms with Crippen LogP contribution in [0.3, 0.4) is 0 Å². The molecule has 1 atom stereocenters. The molecule has 1 unspecified atom stereocenters. The maximum absolute atomic E-state index is 5.38. The predicted molar refractivity (Wildman–Crippen MR) is 74.4 cm³/mol. The number of benzene rings is 1. The molecule has 0 amide bonds. The van der Waals surface area contributed by atoms with Crippen LogP contribution < -0.4 is 0 Å². The Balaban J connectivity index is 1.88. The fraction of sp³-hybridized carbons (Fsp3) is 0.533. The van der Waals surface area contributed by atoms with Crippen molar-refractivity contribution in [1.82, 2.24) is 4.90 Å². The Morgan fingerprint density at radius 2 is 2.00 bits per heavy atom. The highest BCUT2D eigenvalue weighted by Gasteiger charge is 2.24. The van der Waals surface area contributed by atoms with Crippen LogP contribution in [0.2, 0.25) is 0 Å². The fourth-order valence-corrected chi connectivity index (χ4v) is 2.19. The quantitative estimate of drug-likeness (QED) is 0.768. The van der Waals surface area contributed by atoms with Crippen molar-refractivity contribution in [2.24, 2.45) is 5.16 Å². The normalized spacial score (nSPS) is 18.7. The lowest BCUT2D eigenvalue weighted by Gasteiger charge is -2.22. The van der Waals surface area contributed by atoms with E-state index < -0.39 is 0 Å². The molecule has 98 valence electrons. The van der Waals surface area contributed by atoms with Gasteiger partial charge in [0.05, 0.1) is 0 Å². The summed E-state index contributed by atoms with van der Waals surface area (Å²) in [6.45, 7) is 5.32. The average Bonchev–Trinajstić information content (AvgIpc) is 2.76. The first-order chi connectivity index (χ1) is 8.81. The molecule has 0 bridgehead atoms. The molecular formula is C15H22N2O. The van der Waals surface area contributed by atoms with E-state index in [0.717, 1.165) is 25.2 Å². The topological polar surface area (TPSA) is 24.8 Å². The van der Waals surface area contributed by atoms with E-state index in [-0.39, 0.29) is 6.23 Å². The lowest BCUT2D eigenvalue weighted by molar-refractivity contribution is 0.0247. The molecule has 3 heteroatoms. The Morgan fingerprint density at radius 3 is 2.72 bits per heavy atom. The highest BCUT2D eigenvalue weighted by molar-refractivity contribution is 5.83. The van der Waals surface area contributed by atoms with Crippen molar-refractivity contribution in [3.8, 4) is 0 Å². The molecule has 18 heavy (non-hydrogen) atoms. The summed E-state index contributed by atoms with van der Waals surface area (Å²) < 4.78 is 0. The lowest BCUT2D eigenvalue weighted by Crippen LogP contribution is -2.35. The van der Waals surface area contributed by atoms with E-state index >= 15 is 0 Å². The molecule has 1 aliphatic rings.